The number of carbonyl (C=O) groups excluding carboxylic acids is 1. The quantitative estimate of drug-likeness (QED) is 0.403. The van der Waals surface area contributed by atoms with Crippen molar-refractivity contribution in [3.8, 4) is 0 Å². The van der Waals surface area contributed by atoms with Gasteiger partial charge in [-0.05, 0) is 0 Å². The van der Waals surface area contributed by atoms with Gasteiger partial charge < -0.3 is 0 Å². The number of hydrogen-bond acceptors (Lipinski definition) is 1. The second kappa shape index (κ2) is 3.89. The predicted molar refractivity (Wildman–Crippen MR) is 45.2 cm³/mol. The summed E-state index contributed by atoms with van der Waals surface area (Å²) in [5.41, 5.74) is 0. The summed E-state index contributed by atoms with van der Waals surface area (Å²) >= 11 is 5.19. The van der Waals surface area contributed by atoms with E-state index in [1.54, 1.807) is 0 Å². The molecule has 0 rings (SSSR count). The van der Waals surface area contributed by atoms with Gasteiger partial charge >= 0.3 is 0 Å². The topological polar surface area (TPSA) is 17.1 Å². The molecule has 0 aromatic rings. The van der Waals surface area contributed by atoms with Crippen LogP contribution in [-0.4, -0.2) is 22.8 Å². The van der Waals surface area contributed by atoms with E-state index in [4.69, 9.17) is 0 Å². The maximum Gasteiger partial charge on any atom is 0.147 e. The molecule has 4 heteroatoms. The molecule has 0 aromatic carbocycles. The maximum absolute atomic E-state index is 10.5. The van der Waals surface area contributed by atoms with Crippen LogP contribution in [-0.2, 0) is 4.79 Å². The van der Waals surface area contributed by atoms with Crippen LogP contribution in [0.2, 0.25) is 0 Å². The lowest BCUT2D eigenvalue weighted by molar-refractivity contribution is -0.114. The number of hydrogen-bond donors (Lipinski definition) is 0. The average molecular weight is 275 g/mol. The molecule has 0 heterocycles. The van der Waals surface area contributed by atoms with E-state index in [2.05, 4.69) is 15.9 Å². The second-order valence-electron chi connectivity index (χ2n) is 1.22. The van der Waals surface area contributed by atoms with Crippen LogP contribution < -0.4 is 0 Å². The van der Waals surface area contributed by atoms with E-state index < -0.39 is 0 Å². The minimum absolute atomic E-state index is 0.0319. The van der Waals surface area contributed by atoms with Gasteiger partial charge in [0.2, 0.25) is 0 Å². The van der Waals surface area contributed by atoms with Gasteiger partial charge in [0.15, 0.2) is 0 Å². The Hall–Kier alpha value is 0.945. The molecule has 0 saturated carbocycles. The maximum atomic E-state index is 10.5. The Morgan fingerprint density at radius 3 is 2.43 bits per heavy atom. The SMILES string of the molecule is BC(Br)C(=O)CI. The van der Waals surface area contributed by atoms with Gasteiger partial charge in [-0.1, -0.05) is 38.5 Å². The normalized spacial score (nSPS) is 13.4. The van der Waals surface area contributed by atoms with Crippen molar-refractivity contribution in [3.63, 3.8) is 0 Å². The molecule has 0 aliphatic carbocycles. The monoisotopic (exact) mass is 274 g/mol. The van der Waals surface area contributed by atoms with Gasteiger partial charge in [0, 0.05) is 4.73 Å². The Morgan fingerprint density at radius 1 is 2.00 bits per heavy atom. The highest BCUT2D eigenvalue weighted by Crippen LogP contribution is 1.96. The molecule has 0 amide bonds. The van der Waals surface area contributed by atoms with E-state index in [1.165, 1.54) is 0 Å². The van der Waals surface area contributed by atoms with Crippen LogP contribution in [0.25, 0.3) is 0 Å². The van der Waals surface area contributed by atoms with Crippen molar-refractivity contribution in [2.45, 2.75) is 4.73 Å². The number of rotatable bonds is 2. The van der Waals surface area contributed by atoms with E-state index in [-0.39, 0.29) is 10.5 Å². The Labute approximate surface area is 65.9 Å². The smallest absolute Gasteiger partial charge is 0.147 e. The number of Topliss-reactive ketones (excluding diaryl/α,β-unsaturated/α-hetero) is 1. The lowest BCUT2D eigenvalue weighted by Crippen LogP contribution is -2.13. The van der Waals surface area contributed by atoms with Crippen molar-refractivity contribution in [3.05, 3.63) is 0 Å². The van der Waals surface area contributed by atoms with Gasteiger partial charge in [0.05, 0.1) is 4.43 Å². The highest BCUT2D eigenvalue weighted by molar-refractivity contribution is 14.1. The first kappa shape index (κ1) is 7.94. The van der Waals surface area contributed by atoms with Gasteiger partial charge in [0.1, 0.15) is 13.6 Å². The Bertz CT molecular complexity index is 75.3. The van der Waals surface area contributed by atoms with Crippen LogP contribution in [0, 0.1) is 0 Å². The third-order valence-electron chi connectivity index (χ3n) is 0.575. The van der Waals surface area contributed by atoms with Crippen molar-refractivity contribution >= 4 is 52.2 Å². The lowest BCUT2D eigenvalue weighted by atomic mass is 10.0. The molecule has 0 N–H and O–H groups in total. The van der Waals surface area contributed by atoms with Crippen LogP contribution in [0.3, 0.4) is 0 Å². The zero-order chi connectivity index (χ0) is 5.86. The molecule has 1 nitrogen and oxygen atoms in total. The van der Waals surface area contributed by atoms with Crippen LogP contribution in [0.4, 0.5) is 0 Å². The van der Waals surface area contributed by atoms with Gasteiger partial charge in [-0.15, -0.1) is 0 Å². The van der Waals surface area contributed by atoms with Crippen molar-refractivity contribution in [1.29, 1.82) is 0 Å². The first-order valence-corrected chi connectivity index (χ1v) is 4.35. The predicted octanol–water partition coefficient (Wildman–Crippen LogP) is 0.345. The molecule has 7 heavy (non-hydrogen) atoms. The second-order valence-corrected chi connectivity index (χ2v) is 3.35. The number of carbonyl (C=O) groups is 1. The number of ketones is 1. The Balaban J connectivity index is 3.35. The lowest BCUT2D eigenvalue weighted by Gasteiger charge is -1.92. The van der Waals surface area contributed by atoms with Gasteiger partial charge in [-0.25, -0.2) is 0 Å². The Kier molecular flexibility index (Phi) is 4.41. The average Bonchev–Trinajstić information content (AvgIpc) is 1.65. The standard InChI is InChI=1S/C3H5BBrIO/c4-3(5)2(7)1-6/h3H,1,4H2. The summed E-state index contributed by atoms with van der Waals surface area (Å²) in [6.45, 7) is 0. The molecule has 0 spiro atoms. The summed E-state index contributed by atoms with van der Waals surface area (Å²) in [7, 11) is 1.83. The van der Waals surface area contributed by atoms with Gasteiger partial charge in [0.25, 0.3) is 0 Å². The molecule has 0 aliphatic rings. The van der Waals surface area contributed by atoms with Gasteiger partial charge in [-0.3, -0.25) is 4.79 Å². The molecule has 1 unspecified atom stereocenters. The largest absolute Gasteiger partial charge is 0.298 e. The van der Waals surface area contributed by atoms with E-state index in [0.29, 0.717) is 4.43 Å². The van der Waals surface area contributed by atoms with E-state index in [0.717, 1.165) is 0 Å². The van der Waals surface area contributed by atoms with Crippen molar-refractivity contribution in [2.24, 2.45) is 0 Å². The summed E-state index contributed by atoms with van der Waals surface area (Å²) in [6.07, 6.45) is 0. The van der Waals surface area contributed by atoms with Crippen molar-refractivity contribution in [1.82, 2.24) is 0 Å². The minimum atomic E-state index is 0.0319. The third kappa shape index (κ3) is 3.52. The highest BCUT2D eigenvalue weighted by Gasteiger charge is 2.04. The first-order chi connectivity index (χ1) is 3.18. The molecule has 0 bridgehead atoms. The fraction of sp³-hybridized carbons (Fsp3) is 0.667. The molecule has 1 atom stereocenters. The van der Waals surface area contributed by atoms with E-state index in [9.17, 15) is 4.79 Å². The molecular weight excluding hydrogens is 270 g/mol. The van der Waals surface area contributed by atoms with Crippen molar-refractivity contribution < 1.29 is 4.79 Å². The zero-order valence-corrected chi connectivity index (χ0v) is 7.69. The summed E-state index contributed by atoms with van der Waals surface area (Å²) in [4.78, 5) is 10.5. The van der Waals surface area contributed by atoms with E-state index in [1.807, 2.05) is 30.4 Å². The molecule has 0 saturated heterocycles. The van der Waals surface area contributed by atoms with Gasteiger partial charge in [-0.2, -0.15) is 0 Å². The van der Waals surface area contributed by atoms with Crippen LogP contribution in [0.1, 0.15) is 0 Å². The molecule has 0 aromatic heterocycles. The minimum Gasteiger partial charge on any atom is -0.298 e. The highest BCUT2D eigenvalue weighted by atomic mass is 127. The summed E-state index contributed by atoms with van der Waals surface area (Å²) in [6, 6.07) is 0. The molecule has 40 valence electrons. The van der Waals surface area contributed by atoms with Crippen LogP contribution >= 0.6 is 38.5 Å². The molecule has 0 aliphatic heterocycles. The third-order valence-corrected chi connectivity index (χ3v) is 1.84. The fourth-order valence-corrected chi connectivity index (χ4v) is 1.53. The molecular formula is C3H5BBrIO. The zero-order valence-electron chi connectivity index (χ0n) is 3.95. The number of halogens is 2. The summed E-state index contributed by atoms with van der Waals surface area (Å²) < 4.78 is 0.633. The summed E-state index contributed by atoms with van der Waals surface area (Å²) in [5, 5.41) is 0. The number of alkyl halides is 2. The molecule has 0 radical (unpaired) electrons. The molecule has 0 fully saturated rings. The first-order valence-electron chi connectivity index (χ1n) is 1.91. The van der Waals surface area contributed by atoms with E-state index >= 15 is 0 Å². The Morgan fingerprint density at radius 2 is 2.43 bits per heavy atom. The summed E-state index contributed by atoms with van der Waals surface area (Å²) in [5.74, 6) is 0.251. The fourth-order valence-electron chi connectivity index (χ4n) is 0.106. The van der Waals surface area contributed by atoms with Crippen molar-refractivity contribution in [2.75, 3.05) is 4.43 Å². The van der Waals surface area contributed by atoms with Crippen LogP contribution in [0.15, 0.2) is 0 Å². The van der Waals surface area contributed by atoms with Crippen LogP contribution in [0.5, 0.6) is 0 Å².